The second kappa shape index (κ2) is 5.73. The molecule has 0 heterocycles. The first-order valence-electron chi connectivity index (χ1n) is 3.79. The number of rotatable bonds is 1. The molecule has 1 atom stereocenters. The third kappa shape index (κ3) is 3.49. The molecule has 0 aliphatic carbocycles. The predicted molar refractivity (Wildman–Crippen MR) is 54.1 cm³/mol. The van der Waals surface area contributed by atoms with E-state index < -0.39 is 5.97 Å². The molecule has 0 spiro atoms. The van der Waals surface area contributed by atoms with Gasteiger partial charge >= 0.3 is 5.97 Å². The van der Waals surface area contributed by atoms with Gasteiger partial charge in [-0.15, -0.1) is 9.24 Å². The topological polar surface area (TPSA) is 37.3 Å². The van der Waals surface area contributed by atoms with Crippen molar-refractivity contribution >= 4 is 20.5 Å². The molecule has 0 aliphatic rings. The van der Waals surface area contributed by atoms with Gasteiger partial charge in [-0.25, -0.2) is 4.79 Å². The Hall–Kier alpha value is -0.880. The third-order valence-electron chi connectivity index (χ3n) is 1.16. The molecule has 0 fully saturated rings. The van der Waals surface area contributed by atoms with E-state index in [2.05, 4.69) is 9.24 Å². The minimum absolute atomic E-state index is 0.325. The highest BCUT2D eigenvalue weighted by atomic mass is 31.0. The van der Waals surface area contributed by atoms with Crippen LogP contribution in [0, 0.1) is 0 Å². The minimum atomic E-state index is -0.884. The van der Waals surface area contributed by atoms with Crippen LogP contribution in [0.2, 0.25) is 0 Å². The average Bonchev–Trinajstić information content (AvgIpc) is 2.09. The van der Waals surface area contributed by atoms with Crippen LogP contribution in [-0.2, 0) is 0 Å². The second-order valence-corrected chi connectivity index (χ2v) is 2.59. The van der Waals surface area contributed by atoms with Gasteiger partial charge in [-0.3, -0.25) is 0 Å². The van der Waals surface area contributed by atoms with Gasteiger partial charge in [-0.1, -0.05) is 26.0 Å². The zero-order chi connectivity index (χ0) is 9.56. The highest BCUT2D eigenvalue weighted by Crippen LogP contribution is 1.97. The first-order valence-corrected chi connectivity index (χ1v) is 4.37. The van der Waals surface area contributed by atoms with Crippen molar-refractivity contribution in [3.05, 3.63) is 29.8 Å². The Morgan fingerprint density at radius 3 is 2.00 bits per heavy atom. The van der Waals surface area contributed by atoms with Crippen molar-refractivity contribution in [2.45, 2.75) is 13.8 Å². The van der Waals surface area contributed by atoms with Crippen molar-refractivity contribution in [3.8, 4) is 0 Å². The molecule has 1 aromatic carbocycles. The Morgan fingerprint density at radius 2 is 1.67 bits per heavy atom. The average molecular weight is 184 g/mol. The van der Waals surface area contributed by atoms with Gasteiger partial charge in [0.15, 0.2) is 0 Å². The summed E-state index contributed by atoms with van der Waals surface area (Å²) < 4.78 is 0. The Morgan fingerprint density at radius 1 is 1.25 bits per heavy atom. The normalized spacial score (nSPS) is 8.25. The van der Waals surface area contributed by atoms with Gasteiger partial charge in [0.1, 0.15) is 0 Å². The van der Waals surface area contributed by atoms with Crippen LogP contribution in [-0.4, -0.2) is 11.1 Å². The lowest BCUT2D eigenvalue weighted by Gasteiger charge is -1.92. The van der Waals surface area contributed by atoms with Crippen LogP contribution in [0.25, 0.3) is 0 Å². The largest absolute Gasteiger partial charge is 0.478 e. The molecule has 1 N–H and O–H groups in total. The van der Waals surface area contributed by atoms with Crippen LogP contribution in [0.15, 0.2) is 24.3 Å². The zero-order valence-electron chi connectivity index (χ0n) is 7.24. The van der Waals surface area contributed by atoms with E-state index in [-0.39, 0.29) is 0 Å². The van der Waals surface area contributed by atoms with E-state index in [4.69, 9.17) is 5.11 Å². The Labute approximate surface area is 74.8 Å². The third-order valence-corrected chi connectivity index (χ3v) is 1.54. The van der Waals surface area contributed by atoms with E-state index in [0.29, 0.717) is 5.56 Å². The van der Waals surface area contributed by atoms with Gasteiger partial charge in [0.05, 0.1) is 5.56 Å². The summed E-state index contributed by atoms with van der Waals surface area (Å²) in [6, 6.07) is 6.64. The molecule has 12 heavy (non-hydrogen) atoms. The van der Waals surface area contributed by atoms with Gasteiger partial charge in [0.2, 0.25) is 0 Å². The fraction of sp³-hybridized carbons (Fsp3) is 0.222. The number of carboxylic acids is 1. The Balaban J connectivity index is 0.000000561. The molecule has 0 saturated heterocycles. The molecule has 1 aromatic rings. The summed E-state index contributed by atoms with van der Waals surface area (Å²) >= 11 is 0. The van der Waals surface area contributed by atoms with Crippen LogP contribution in [0.3, 0.4) is 0 Å². The molecule has 0 amide bonds. The number of benzene rings is 1. The lowest BCUT2D eigenvalue weighted by Crippen LogP contribution is -1.98. The van der Waals surface area contributed by atoms with Crippen molar-refractivity contribution in [3.63, 3.8) is 0 Å². The summed E-state index contributed by atoms with van der Waals surface area (Å²) in [5.74, 6) is -0.884. The molecule has 2 nitrogen and oxygen atoms in total. The van der Waals surface area contributed by atoms with Crippen molar-refractivity contribution in [2.24, 2.45) is 0 Å². The fourth-order valence-electron chi connectivity index (χ4n) is 0.626. The van der Waals surface area contributed by atoms with Crippen LogP contribution in [0.5, 0.6) is 0 Å². The van der Waals surface area contributed by atoms with Gasteiger partial charge in [-0.05, 0) is 17.4 Å². The van der Waals surface area contributed by atoms with E-state index >= 15 is 0 Å². The Kier molecular flexibility index (Phi) is 5.31. The standard InChI is InChI=1S/C7H7O2P.C2H6/c8-7(9)5-1-3-6(10)4-2-5;1-2/h1-4H,10H2,(H,8,9);1-2H3. The highest BCUT2D eigenvalue weighted by molar-refractivity contribution is 7.27. The molecule has 0 bridgehead atoms. The lowest BCUT2D eigenvalue weighted by molar-refractivity contribution is 0.0697. The lowest BCUT2D eigenvalue weighted by atomic mass is 10.2. The predicted octanol–water partition coefficient (Wildman–Crippen LogP) is 1.91. The first kappa shape index (κ1) is 11.1. The maximum Gasteiger partial charge on any atom is 0.335 e. The van der Waals surface area contributed by atoms with Crippen molar-refractivity contribution in [1.29, 1.82) is 0 Å². The number of carboxylic acid groups (broad SMARTS) is 1. The molecule has 0 aliphatic heterocycles. The number of hydrogen-bond acceptors (Lipinski definition) is 1. The van der Waals surface area contributed by atoms with E-state index in [1.54, 1.807) is 24.3 Å². The minimum Gasteiger partial charge on any atom is -0.478 e. The van der Waals surface area contributed by atoms with E-state index in [1.807, 2.05) is 13.8 Å². The van der Waals surface area contributed by atoms with Gasteiger partial charge in [0, 0.05) is 0 Å². The quantitative estimate of drug-likeness (QED) is 0.677. The Bertz CT molecular complexity index is 241. The number of carbonyl (C=O) groups is 1. The summed E-state index contributed by atoms with van der Waals surface area (Å²) in [7, 11) is 2.49. The summed E-state index contributed by atoms with van der Waals surface area (Å²) in [6.45, 7) is 4.00. The summed E-state index contributed by atoms with van der Waals surface area (Å²) in [4.78, 5) is 10.3. The molecule has 1 rings (SSSR count). The SMILES string of the molecule is CC.O=C(O)c1ccc(P)cc1. The number of aromatic carboxylic acids is 1. The molecular formula is C9H13O2P. The smallest absolute Gasteiger partial charge is 0.335 e. The molecular weight excluding hydrogens is 171 g/mol. The molecule has 1 unspecified atom stereocenters. The van der Waals surface area contributed by atoms with Gasteiger partial charge in [-0.2, -0.15) is 0 Å². The van der Waals surface area contributed by atoms with Gasteiger partial charge < -0.3 is 5.11 Å². The maximum absolute atomic E-state index is 10.3. The second-order valence-electron chi connectivity index (χ2n) is 1.93. The van der Waals surface area contributed by atoms with Crippen molar-refractivity contribution in [2.75, 3.05) is 0 Å². The van der Waals surface area contributed by atoms with Crippen LogP contribution < -0.4 is 5.30 Å². The molecule has 0 saturated carbocycles. The van der Waals surface area contributed by atoms with Crippen LogP contribution >= 0.6 is 9.24 Å². The molecule has 66 valence electrons. The summed E-state index contributed by atoms with van der Waals surface area (Å²) in [5, 5.41) is 9.46. The monoisotopic (exact) mass is 184 g/mol. The van der Waals surface area contributed by atoms with E-state index in [1.165, 1.54) is 0 Å². The van der Waals surface area contributed by atoms with E-state index in [9.17, 15) is 4.79 Å². The first-order chi connectivity index (χ1) is 5.70. The van der Waals surface area contributed by atoms with Gasteiger partial charge in [0.25, 0.3) is 0 Å². The summed E-state index contributed by atoms with van der Waals surface area (Å²) in [5.41, 5.74) is 0.325. The van der Waals surface area contributed by atoms with Crippen LogP contribution in [0.4, 0.5) is 0 Å². The molecule has 0 aromatic heterocycles. The number of hydrogen-bond donors (Lipinski definition) is 1. The van der Waals surface area contributed by atoms with E-state index in [0.717, 1.165) is 5.30 Å². The van der Waals surface area contributed by atoms with Crippen LogP contribution in [0.1, 0.15) is 24.2 Å². The molecule has 3 heteroatoms. The molecule has 0 radical (unpaired) electrons. The van der Waals surface area contributed by atoms with Crippen molar-refractivity contribution < 1.29 is 9.90 Å². The van der Waals surface area contributed by atoms with Crippen molar-refractivity contribution in [1.82, 2.24) is 0 Å². The highest BCUT2D eigenvalue weighted by Gasteiger charge is 1.98. The summed E-state index contributed by atoms with van der Waals surface area (Å²) in [6.07, 6.45) is 0. The zero-order valence-corrected chi connectivity index (χ0v) is 8.40. The maximum atomic E-state index is 10.3. The fourth-order valence-corrected chi connectivity index (χ4v) is 0.818.